The number of carbonyl (C=O) groups excluding carboxylic acids is 1. The van der Waals surface area contributed by atoms with Crippen molar-refractivity contribution in [3.63, 3.8) is 0 Å². The summed E-state index contributed by atoms with van der Waals surface area (Å²) in [5.41, 5.74) is 0.309. The molecule has 2 amide bonds. The van der Waals surface area contributed by atoms with E-state index < -0.39 is 17.9 Å². The second-order valence-electron chi connectivity index (χ2n) is 5.37. The topological polar surface area (TPSA) is 107 Å². The SMILES string of the molecule is COc1cc(F)c(Br)cc1NC(=O)N[C@@H](C)c1ncnn1-c1ncccn1. The van der Waals surface area contributed by atoms with E-state index in [2.05, 4.69) is 46.6 Å². The lowest BCUT2D eigenvalue weighted by Crippen LogP contribution is -2.32. The smallest absolute Gasteiger partial charge is 0.319 e. The van der Waals surface area contributed by atoms with E-state index in [1.54, 1.807) is 25.4 Å². The van der Waals surface area contributed by atoms with Crippen molar-refractivity contribution < 1.29 is 13.9 Å². The molecule has 0 aliphatic heterocycles. The van der Waals surface area contributed by atoms with E-state index in [0.717, 1.165) is 0 Å². The van der Waals surface area contributed by atoms with Crippen molar-refractivity contribution in [2.75, 3.05) is 12.4 Å². The monoisotopic (exact) mass is 435 g/mol. The largest absolute Gasteiger partial charge is 0.494 e. The number of hydrogen-bond acceptors (Lipinski definition) is 6. The number of methoxy groups -OCH3 is 1. The molecule has 0 saturated carbocycles. The van der Waals surface area contributed by atoms with Crippen LogP contribution in [0.25, 0.3) is 5.95 Å². The molecule has 2 aromatic heterocycles. The second-order valence-corrected chi connectivity index (χ2v) is 6.22. The Morgan fingerprint density at radius 3 is 2.74 bits per heavy atom. The Kier molecular flexibility index (Phi) is 5.60. The standard InChI is InChI=1S/C16H15BrFN7O2/c1-9(14-21-8-22-25(14)15-19-4-3-5-20-15)23-16(26)24-12-6-10(17)11(18)7-13(12)27-2/h3-9H,1-2H3,(H2,23,24,26)/t9-/m0/s1. The van der Waals surface area contributed by atoms with E-state index in [-0.39, 0.29) is 10.2 Å². The second kappa shape index (κ2) is 8.08. The maximum absolute atomic E-state index is 13.6. The van der Waals surface area contributed by atoms with Gasteiger partial charge < -0.3 is 15.4 Å². The fourth-order valence-electron chi connectivity index (χ4n) is 2.32. The molecular weight excluding hydrogens is 421 g/mol. The molecule has 0 unspecified atom stereocenters. The summed E-state index contributed by atoms with van der Waals surface area (Å²) in [6, 6.07) is 3.24. The van der Waals surface area contributed by atoms with E-state index in [1.165, 1.54) is 30.3 Å². The van der Waals surface area contributed by atoms with E-state index >= 15 is 0 Å². The summed E-state index contributed by atoms with van der Waals surface area (Å²) in [7, 11) is 1.39. The fraction of sp³-hybridized carbons (Fsp3) is 0.188. The predicted octanol–water partition coefficient (Wildman–Crippen LogP) is 2.85. The molecule has 0 spiro atoms. The number of nitrogens with one attached hydrogen (secondary N) is 2. The van der Waals surface area contributed by atoms with Gasteiger partial charge in [-0.25, -0.2) is 24.1 Å². The molecule has 3 aromatic rings. The van der Waals surface area contributed by atoms with Gasteiger partial charge in [-0.1, -0.05) is 0 Å². The fourth-order valence-corrected chi connectivity index (χ4v) is 2.66. The Labute approximate surface area is 162 Å². The molecule has 3 rings (SSSR count). The van der Waals surface area contributed by atoms with Gasteiger partial charge in [0.2, 0.25) is 0 Å². The highest BCUT2D eigenvalue weighted by molar-refractivity contribution is 9.10. The average Bonchev–Trinajstić information content (AvgIpc) is 3.15. The highest BCUT2D eigenvalue weighted by Gasteiger charge is 2.19. The van der Waals surface area contributed by atoms with E-state index in [9.17, 15) is 9.18 Å². The molecule has 2 heterocycles. The number of anilines is 1. The lowest BCUT2D eigenvalue weighted by atomic mass is 10.3. The van der Waals surface area contributed by atoms with Gasteiger partial charge in [-0.15, -0.1) is 0 Å². The quantitative estimate of drug-likeness (QED) is 0.637. The molecule has 0 aliphatic rings. The van der Waals surface area contributed by atoms with Crippen molar-refractivity contribution in [1.82, 2.24) is 30.0 Å². The first-order chi connectivity index (χ1) is 13.0. The average molecular weight is 436 g/mol. The molecule has 0 fully saturated rings. The third kappa shape index (κ3) is 4.19. The summed E-state index contributed by atoms with van der Waals surface area (Å²) < 4.78 is 20.3. The highest BCUT2D eigenvalue weighted by atomic mass is 79.9. The van der Waals surface area contributed by atoms with Crippen molar-refractivity contribution in [3.05, 3.63) is 53.0 Å². The number of urea groups is 1. The van der Waals surface area contributed by atoms with Gasteiger partial charge in [-0.3, -0.25) is 0 Å². The molecule has 0 saturated heterocycles. The summed E-state index contributed by atoms with van der Waals surface area (Å²) in [6.07, 6.45) is 4.51. The number of ether oxygens (including phenoxy) is 1. The zero-order chi connectivity index (χ0) is 19.4. The molecule has 1 atom stereocenters. The van der Waals surface area contributed by atoms with Crippen molar-refractivity contribution >= 4 is 27.6 Å². The van der Waals surface area contributed by atoms with E-state index in [0.29, 0.717) is 17.5 Å². The first kappa shape index (κ1) is 18.7. The van der Waals surface area contributed by atoms with Crippen LogP contribution in [0, 0.1) is 5.82 Å². The number of rotatable bonds is 5. The number of amides is 2. The Morgan fingerprint density at radius 2 is 2.04 bits per heavy atom. The molecule has 9 nitrogen and oxygen atoms in total. The van der Waals surface area contributed by atoms with Crippen LogP contribution < -0.4 is 15.4 Å². The number of benzene rings is 1. The molecule has 27 heavy (non-hydrogen) atoms. The molecule has 0 aliphatic carbocycles. The van der Waals surface area contributed by atoms with Gasteiger partial charge in [0.05, 0.1) is 23.3 Å². The number of carbonyl (C=O) groups is 1. The molecule has 2 N–H and O–H groups in total. The van der Waals surface area contributed by atoms with Crippen LogP contribution in [-0.4, -0.2) is 37.9 Å². The Balaban J connectivity index is 1.74. The number of nitrogens with zero attached hydrogens (tertiary/aromatic N) is 5. The van der Waals surface area contributed by atoms with Crippen molar-refractivity contribution in [3.8, 4) is 11.7 Å². The maximum Gasteiger partial charge on any atom is 0.319 e. The van der Waals surface area contributed by atoms with Gasteiger partial charge in [-0.05, 0) is 35.0 Å². The number of aromatic nitrogens is 5. The minimum Gasteiger partial charge on any atom is -0.494 e. The number of halogens is 2. The summed E-state index contributed by atoms with van der Waals surface area (Å²) in [5, 5.41) is 9.44. The van der Waals surface area contributed by atoms with Crippen molar-refractivity contribution in [1.29, 1.82) is 0 Å². The predicted molar refractivity (Wildman–Crippen MR) is 98.2 cm³/mol. The van der Waals surface area contributed by atoms with Gasteiger partial charge in [0.25, 0.3) is 5.95 Å². The molecule has 0 radical (unpaired) electrons. The summed E-state index contributed by atoms with van der Waals surface area (Å²) in [4.78, 5) is 24.7. The van der Waals surface area contributed by atoms with Crippen molar-refractivity contribution in [2.24, 2.45) is 0 Å². The lowest BCUT2D eigenvalue weighted by Gasteiger charge is -2.16. The minimum absolute atomic E-state index is 0.194. The van der Waals surface area contributed by atoms with Crippen LogP contribution in [0.2, 0.25) is 0 Å². The van der Waals surface area contributed by atoms with E-state index in [4.69, 9.17) is 4.74 Å². The minimum atomic E-state index is -0.525. The van der Waals surface area contributed by atoms with Crippen LogP contribution in [0.5, 0.6) is 5.75 Å². The first-order valence-electron chi connectivity index (χ1n) is 7.77. The third-order valence-electron chi connectivity index (χ3n) is 3.54. The Hall–Kier alpha value is -3.08. The van der Waals surface area contributed by atoms with Gasteiger partial charge in [-0.2, -0.15) is 9.78 Å². The van der Waals surface area contributed by atoms with Crippen molar-refractivity contribution in [2.45, 2.75) is 13.0 Å². The van der Waals surface area contributed by atoms with Crippen LogP contribution in [0.15, 0.2) is 41.4 Å². The Morgan fingerprint density at radius 1 is 1.30 bits per heavy atom. The summed E-state index contributed by atoms with van der Waals surface area (Å²) in [6.45, 7) is 1.74. The van der Waals surface area contributed by atoms with Gasteiger partial charge in [0, 0.05) is 18.5 Å². The highest BCUT2D eigenvalue weighted by Crippen LogP contribution is 2.30. The molecule has 0 bridgehead atoms. The lowest BCUT2D eigenvalue weighted by molar-refractivity contribution is 0.248. The normalized spacial score (nSPS) is 11.7. The summed E-state index contributed by atoms with van der Waals surface area (Å²) in [5.74, 6) is 0.480. The van der Waals surface area contributed by atoms with Gasteiger partial charge in [0.1, 0.15) is 17.9 Å². The van der Waals surface area contributed by atoms with Crippen LogP contribution in [-0.2, 0) is 0 Å². The third-order valence-corrected chi connectivity index (χ3v) is 4.15. The van der Waals surface area contributed by atoms with Crippen LogP contribution in [0.1, 0.15) is 18.8 Å². The zero-order valence-electron chi connectivity index (χ0n) is 14.3. The summed E-state index contributed by atoms with van der Waals surface area (Å²) >= 11 is 3.08. The zero-order valence-corrected chi connectivity index (χ0v) is 15.9. The van der Waals surface area contributed by atoms with Crippen LogP contribution in [0.3, 0.4) is 0 Å². The molecule has 140 valence electrons. The molecule has 1 aromatic carbocycles. The molecular formula is C16H15BrFN7O2. The van der Waals surface area contributed by atoms with E-state index in [1.807, 2.05) is 0 Å². The first-order valence-corrected chi connectivity index (χ1v) is 8.56. The Bertz CT molecular complexity index is 951. The molecule has 11 heteroatoms. The van der Waals surface area contributed by atoms with Crippen LogP contribution in [0.4, 0.5) is 14.9 Å². The van der Waals surface area contributed by atoms with Crippen LogP contribution >= 0.6 is 15.9 Å². The maximum atomic E-state index is 13.6. The van der Waals surface area contributed by atoms with Gasteiger partial charge in [0.15, 0.2) is 5.82 Å². The number of hydrogen-bond donors (Lipinski definition) is 2. The van der Waals surface area contributed by atoms with Gasteiger partial charge >= 0.3 is 6.03 Å².